The Kier molecular flexibility index (Phi) is 6.50. The van der Waals surface area contributed by atoms with Crippen LogP contribution in [-0.4, -0.2) is 34.8 Å². The summed E-state index contributed by atoms with van der Waals surface area (Å²) in [7, 11) is 0. The minimum Gasteiger partial charge on any atom is -0.334 e. The van der Waals surface area contributed by atoms with Crippen LogP contribution in [0.3, 0.4) is 0 Å². The summed E-state index contributed by atoms with van der Waals surface area (Å²) in [6.07, 6.45) is 4.14. The van der Waals surface area contributed by atoms with Gasteiger partial charge >= 0.3 is 11.8 Å². The van der Waals surface area contributed by atoms with Crippen LogP contribution in [0.4, 0.5) is 5.69 Å². The number of hydrogen-bond donors (Lipinski definition) is 1. The molecule has 0 saturated heterocycles. The van der Waals surface area contributed by atoms with Crippen molar-refractivity contribution < 1.29 is 9.59 Å². The molecular formula is C21H27N3O2. The molecule has 1 aromatic carbocycles. The predicted molar refractivity (Wildman–Crippen MR) is 104 cm³/mol. The van der Waals surface area contributed by atoms with Gasteiger partial charge in [-0.3, -0.25) is 14.6 Å². The summed E-state index contributed by atoms with van der Waals surface area (Å²) in [5, 5.41) is 2.69. The Balaban J connectivity index is 1.95. The molecule has 0 aliphatic heterocycles. The average molecular weight is 353 g/mol. The lowest BCUT2D eigenvalue weighted by Crippen LogP contribution is -2.40. The van der Waals surface area contributed by atoms with Gasteiger partial charge in [0.05, 0.1) is 0 Å². The highest BCUT2D eigenvalue weighted by atomic mass is 16.2. The van der Waals surface area contributed by atoms with Crippen molar-refractivity contribution in [2.45, 2.75) is 39.5 Å². The van der Waals surface area contributed by atoms with Crippen LogP contribution in [0.25, 0.3) is 0 Å². The molecule has 2 aromatic rings. The van der Waals surface area contributed by atoms with E-state index in [0.717, 1.165) is 5.56 Å². The highest BCUT2D eigenvalue weighted by Crippen LogP contribution is 2.23. The highest BCUT2D eigenvalue weighted by Gasteiger charge is 2.21. The van der Waals surface area contributed by atoms with Crippen LogP contribution in [0.1, 0.15) is 38.8 Å². The summed E-state index contributed by atoms with van der Waals surface area (Å²) in [6.45, 7) is 9.25. The molecule has 0 bridgehead atoms. The topological polar surface area (TPSA) is 62.3 Å². The van der Waals surface area contributed by atoms with Crippen LogP contribution >= 0.6 is 0 Å². The summed E-state index contributed by atoms with van der Waals surface area (Å²) in [5.74, 6) is -1.12. The molecule has 0 spiro atoms. The molecule has 0 saturated carbocycles. The SMILES string of the molecule is CCN(CCc1ccncc1)C(=O)C(=O)Nc1ccc(C(C)(C)C)cc1. The lowest BCUT2D eigenvalue weighted by atomic mass is 9.87. The molecule has 5 heteroatoms. The van der Waals surface area contributed by atoms with Gasteiger partial charge in [0.25, 0.3) is 0 Å². The number of anilines is 1. The molecule has 26 heavy (non-hydrogen) atoms. The maximum absolute atomic E-state index is 12.4. The van der Waals surface area contributed by atoms with Gasteiger partial charge in [-0.15, -0.1) is 0 Å². The predicted octanol–water partition coefficient (Wildman–Crippen LogP) is 3.41. The molecule has 1 heterocycles. The monoisotopic (exact) mass is 353 g/mol. The Labute approximate surface area is 155 Å². The van der Waals surface area contributed by atoms with Gasteiger partial charge in [0.1, 0.15) is 0 Å². The molecule has 2 amide bonds. The molecule has 0 aliphatic rings. The number of nitrogens with one attached hydrogen (secondary N) is 1. The lowest BCUT2D eigenvalue weighted by Gasteiger charge is -2.21. The number of carbonyl (C=O) groups is 2. The van der Waals surface area contributed by atoms with Crippen molar-refractivity contribution >= 4 is 17.5 Å². The van der Waals surface area contributed by atoms with Gasteiger partial charge in [-0.25, -0.2) is 0 Å². The Morgan fingerprint density at radius 2 is 1.65 bits per heavy atom. The minimum atomic E-state index is -0.606. The van der Waals surface area contributed by atoms with Crippen LogP contribution < -0.4 is 5.32 Å². The number of rotatable bonds is 5. The van der Waals surface area contributed by atoms with E-state index in [-0.39, 0.29) is 5.41 Å². The number of aromatic nitrogens is 1. The molecule has 1 N–H and O–H groups in total. The first-order chi connectivity index (χ1) is 12.3. The summed E-state index contributed by atoms with van der Waals surface area (Å²) in [5.41, 5.74) is 2.94. The molecule has 0 atom stereocenters. The Hall–Kier alpha value is -2.69. The van der Waals surface area contributed by atoms with E-state index in [9.17, 15) is 9.59 Å². The largest absolute Gasteiger partial charge is 0.334 e. The van der Waals surface area contributed by atoms with E-state index in [4.69, 9.17) is 0 Å². The third-order valence-electron chi connectivity index (χ3n) is 4.29. The summed E-state index contributed by atoms with van der Waals surface area (Å²) >= 11 is 0. The van der Waals surface area contributed by atoms with Gasteiger partial charge in [-0.2, -0.15) is 0 Å². The van der Waals surface area contributed by atoms with Crippen molar-refractivity contribution in [3.63, 3.8) is 0 Å². The first-order valence-corrected chi connectivity index (χ1v) is 8.91. The average Bonchev–Trinajstić information content (AvgIpc) is 2.62. The van der Waals surface area contributed by atoms with Gasteiger partial charge < -0.3 is 10.2 Å². The maximum atomic E-state index is 12.4. The van der Waals surface area contributed by atoms with Crippen molar-refractivity contribution in [3.05, 3.63) is 59.9 Å². The summed E-state index contributed by atoms with van der Waals surface area (Å²) in [4.78, 5) is 30.3. The molecule has 0 fully saturated rings. The first kappa shape index (κ1) is 19.6. The van der Waals surface area contributed by atoms with Gasteiger partial charge in [-0.05, 0) is 54.2 Å². The van der Waals surface area contributed by atoms with E-state index in [2.05, 4.69) is 31.1 Å². The van der Waals surface area contributed by atoms with Crippen molar-refractivity contribution in [2.75, 3.05) is 18.4 Å². The molecule has 138 valence electrons. The molecule has 2 rings (SSSR count). The van der Waals surface area contributed by atoms with E-state index >= 15 is 0 Å². The van der Waals surface area contributed by atoms with E-state index < -0.39 is 11.8 Å². The molecule has 0 radical (unpaired) electrons. The number of pyridine rings is 1. The zero-order valence-electron chi connectivity index (χ0n) is 16.0. The third kappa shape index (κ3) is 5.41. The molecule has 5 nitrogen and oxygen atoms in total. The van der Waals surface area contributed by atoms with E-state index in [0.29, 0.717) is 25.2 Å². The number of amides is 2. The van der Waals surface area contributed by atoms with Crippen LogP contribution in [-0.2, 0) is 21.4 Å². The van der Waals surface area contributed by atoms with Crippen molar-refractivity contribution in [1.29, 1.82) is 0 Å². The lowest BCUT2D eigenvalue weighted by molar-refractivity contribution is -0.143. The molecular weight excluding hydrogens is 326 g/mol. The van der Waals surface area contributed by atoms with Crippen LogP contribution in [0.15, 0.2) is 48.8 Å². The molecule has 1 aromatic heterocycles. The number of likely N-dealkylation sites (N-methyl/N-ethyl adjacent to an activating group) is 1. The molecule has 0 unspecified atom stereocenters. The fourth-order valence-corrected chi connectivity index (χ4v) is 2.60. The van der Waals surface area contributed by atoms with Gasteiger partial charge in [0, 0.05) is 31.2 Å². The Morgan fingerprint density at radius 3 is 2.19 bits per heavy atom. The zero-order valence-corrected chi connectivity index (χ0v) is 16.0. The molecule has 0 aliphatic carbocycles. The summed E-state index contributed by atoms with van der Waals surface area (Å²) < 4.78 is 0. The normalized spacial score (nSPS) is 11.1. The van der Waals surface area contributed by atoms with Crippen LogP contribution in [0.5, 0.6) is 0 Å². The number of carbonyl (C=O) groups excluding carboxylic acids is 2. The van der Waals surface area contributed by atoms with Gasteiger partial charge in [0.15, 0.2) is 0 Å². The Bertz CT molecular complexity index is 734. The second-order valence-corrected chi connectivity index (χ2v) is 7.27. The quantitative estimate of drug-likeness (QED) is 0.838. The first-order valence-electron chi connectivity index (χ1n) is 8.91. The van der Waals surface area contributed by atoms with E-state index in [1.807, 2.05) is 43.3 Å². The van der Waals surface area contributed by atoms with E-state index in [1.165, 1.54) is 5.56 Å². The second-order valence-electron chi connectivity index (χ2n) is 7.27. The van der Waals surface area contributed by atoms with Gasteiger partial charge in [0.2, 0.25) is 0 Å². The van der Waals surface area contributed by atoms with Crippen LogP contribution in [0.2, 0.25) is 0 Å². The fraction of sp³-hybridized carbons (Fsp3) is 0.381. The number of hydrogen-bond acceptors (Lipinski definition) is 3. The zero-order chi connectivity index (χ0) is 19.2. The number of nitrogens with zero attached hydrogens (tertiary/aromatic N) is 2. The second kappa shape index (κ2) is 8.61. The van der Waals surface area contributed by atoms with E-state index in [1.54, 1.807) is 17.3 Å². The maximum Gasteiger partial charge on any atom is 0.313 e. The Morgan fingerprint density at radius 1 is 1.04 bits per heavy atom. The van der Waals surface area contributed by atoms with Crippen molar-refractivity contribution in [3.8, 4) is 0 Å². The summed E-state index contributed by atoms with van der Waals surface area (Å²) in [6, 6.07) is 11.4. The minimum absolute atomic E-state index is 0.0460. The van der Waals surface area contributed by atoms with Crippen LogP contribution in [0, 0.1) is 0 Å². The standard InChI is InChI=1S/C21H27N3O2/c1-5-24(15-12-16-10-13-22-14-11-16)20(26)19(25)23-18-8-6-17(7-9-18)21(2,3)4/h6-11,13-14H,5,12,15H2,1-4H3,(H,23,25). The van der Waals surface area contributed by atoms with Gasteiger partial charge in [-0.1, -0.05) is 32.9 Å². The van der Waals surface area contributed by atoms with Crippen molar-refractivity contribution in [1.82, 2.24) is 9.88 Å². The fourth-order valence-electron chi connectivity index (χ4n) is 2.60. The smallest absolute Gasteiger partial charge is 0.313 e. The van der Waals surface area contributed by atoms with Crippen molar-refractivity contribution in [2.24, 2.45) is 0 Å². The number of benzene rings is 1. The highest BCUT2D eigenvalue weighted by molar-refractivity contribution is 6.39. The third-order valence-corrected chi connectivity index (χ3v) is 4.29.